The molecule has 9 aliphatic heterocycles. The number of ether oxygens (including phenoxy) is 2. The Morgan fingerprint density at radius 1 is 0.530 bits per heavy atom. The molecule has 32 heteroatoms. The van der Waals surface area contributed by atoms with Gasteiger partial charge in [-0.05, 0) is 170 Å². The fourth-order valence-corrected chi connectivity index (χ4v) is 24.7. The van der Waals surface area contributed by atoms with Gasteiger partial charge in [0.05, 0.1) is 68.5 Å². The van der Waals surface area contributed by atoms with Crippen molar-refractivity contribution < 1.29 is 61.6 Å². The van der Waals surface area contributed by atoms with Crippen molar-refractivity contribution in [1.82, 2.24) is 49.4 Å². The van der Waals surface area contributed by atoms with Crippen molar-refractivity contribution in [2.75, 3.05) is 62.5 Å². The highest BCUT2D eigenvalue weighted by atomic mass is 35.5. The fraction of sp³-hybridized carbons (Fsp3) is 0.310. The lowest BCUT2D eigenvalue weighted by Crippen LogP contribution is -2.53. The minimum Gasteiger partial charge on any atom is -0.494 e. The summed E-state index contributed by atoms with van der Waals surface area (Å²) in [7, 11) is 1.58. The summed E-state index contributed by atoms with van der Waals surface area (Å²) in [6, 6.07) is 51.3. The van der Waals surface area contributed by atoms with Crippen molar-refractivity contribution in [2.24, 2.45) is 5.92 Å². The number of nitrogens with one attached hydrogen (secondary N) is 4. The molecule has 3 saturated heterocycles. The van der Waals surface area contributed by atoms with Crippen LogP contribution in [0, 0.1) is 30.3 Å². The van der Waals surface area contributed by atoms with Gasteiger partial charge in [0.25, 0.3) is 5.91 Å². The predicted octanol–water partition coefficient (Wildman–Crippen LogP) is 19.1. The number of carbonyl (C=O) groups excluding carboxylic acids is 5. The Labute approximate surface area is 785 Å². The van der Waals surface area contributed by atoms with Crippen LogP contribution in [0.1, 0.15) is 168 Å². The zero-order valence-electron chi connectivity index (χ0n) is 71.6. The summed E-state index contributed by atoms with van der Waals surface area (Å²) in [6.45, 7) is 8.70. The number of carboxylic acid groups (broad SMARTS) is 1. The van der Waals surface area contributed by atoms with E-state index in [1.165, 1.54) is 18.2 Å². The summed E-state index contributed by atoms with van der Waals surface area (Å²) in [5.74, 6) is -4.58. The number of aryl methyl sites for hydroxylation is 1. The van der Waals surface area contributed by atoms with Gasteiger partial charge in [0, 0.05) is 188 Å². The number of aliphatic hydroxyl groups excluding tert-OH is 1. The van der Waals surface area contributed by atoms with Crippen molar-refractivity contribution in [3.63, 3.8) is 0 Å². The van der Waals surface area contributed by atoms with Crippen molar-refractivity contribution in [3.8, 4) is 5.75 Å². The quantitative estimate of drug-likeness (QED) is 0.0324. The molecule has 0 radical (unpaired) electrons. The Hall–Kier alpha value is -11.2. The maximum Gasteiger partial charge on any atom is 0.335 e. The van der Waals surface area contributed by atoms with Gasteiger partial charge in [0.15, 0.2) is 5.78 Å². The van der Waals surface area contributed by atoms with Crippen LogP contribution >= 0.6 is 69.6 Å². The normalized spacial score (nSPS) is 24.2. The largest absolute Gasteiger partial charge is 0.494 e. The molecule has 10 aromatic carbocycles. The van der Waals surface area contributed by atoms with Gasteiger partial charge in [-0.25, -0.2) is 18.0 Å². The van der Waals surface area contributed by atoms with E-state index in [4.69, 9.17) is 99.5 Å². The Balaban J connectivity index is 0.000000120. The van der Waals surface area contributed by atoms with Crippen LogP contribution in [0.3, 0.4) is 0 Å². The number of halogens is 9. The van der Waals surface area contributed by atoms with E-state index < -0.39 is 69.9 Å². The SMILES string of the molecule is CCN1[C@H]2Cc3c4ccc(C(=O)CCCO)cc4nn3[C@H]2[C@H](c2cccc(Cl)c2F)[C@]12C(=O)Nc1cc(Cl)ccc12.CCOc1cccc(CN2[C@H]3Cc4c5cc(C)c(C(=O)NCCOC)cc5nn4[C@H]3[C@H](c3cccc(Cl)c3F)[C@]23C(=O)Nc2cc(Cl)ccc23)c1.O=C(O)c1ccc2c3n(nc2c1)[C@@H]1[C@H](C3)N(CC2CC2)[C@@]2(C(=O)Nc3cc(Cl)ccc32)[C@H]1c1cccc(Cl)c1F. The average Bonchev–Trinajstić information content (AvgIpc) is 1.51. The van der Waals surface area contributed by atoms with Crippen molar-refractivity contribution in [1.29, 1.82) is 0 Å². The number of aliphatic hydroxyl groups is 1. The number of nitrogens with zero attached hydrogens (tertiary/aromatic N) is 9. The van der Waals surface area contributed by atoms with Gasteiger partial charge >= 0.3 is 5.97 Å². The van der Waals surface area contributed by atoms with Crippen LogP contribution in [0.25, 0.3) is 32.7 Å². The molecule has 23 rings (SSSR count). The van der Waals surface area contributed by atoms with Gasteiger partial charge in [-0.3, -0.25) is 52.7 Å². The minimum atomic E-state index is -1.36. The van der Waals surface area contributed by atoms with E-state index in [0.29, 0.717) is 153 Å². The van der Waals surface area contributed by atoms with Crippen LogP contribution in [0.4, 0.5) is 30.2 Å². The first-order valence-corrected chi connectivity index (χ1v) is 46.4. The standard InChI is InChI=1S/C39H36Cl2FN5O4.C31H27Cl2FN4O3.C30H23Cl2FN4O3/c1-4-51-24-8-5-7-22(16-24)20-46-33-19-32-27-15-21(2)26(37(48)43-13-14-50-3)18-30(27)45-47(32)36(33)34(25-9-6-10-29(41)35(25)42)39(46)28-12-11-23(40)17-31(28)44-38(39)49;1-2-37-25-15-24-18-10-8-16(26(40)7-4-12-39)13-22(18)36-38(24)29(25)27(19-5-3-6-21(33)28(19)34)31(37)20-11-9-17(32)14-23(20)35-30(31)41;31-16-7-9-19-22(11-16)34-29(40)30(19)25(18-2-1-3-20(32)26(18)33)27-24(36(30)13-14-4-5-14)12-23-17-8-6-15(28(38)39)10-21(17)35-37(23)27/h5-12,15-18,33-34,36H,4,13-14,19-20H2,1-3H3,(H,43,48)(H,44,49);3,5-6,8-11,13-14,25,27,29,39H,2,4,7,12,15H2,1H3,(H,35,41);1-3,6-11,14,24-25,27H,4-5,12-13H2,(H,34,40)(H,38,39)/t33-,34-,36+,39+;25-,27-,29+,31+;24-,25-,27+,30+/m000/s1. The highest BCUT2D eigenvalue weighted by Gasteiger charge is 2.73. The summed E-state index contributed by atoms with van der Waals surface area (Å²) in [6.07, 6.45) is 4.55. The van der Waals surface area contributed by atoms with E-state index in [0.717, 1.165) is 74.1 Å². The second-order valence-corrected chi connectivity index (χ2v) is 38.1. The number of hydrogen-bond acceptors (Lipinski definition) is 15. The molecular formula is C100H86Cl6F3N13O10. The molecule has 12 heterocycles. The molecule has 0 unspecified atom stereocenters. The number of benzene rings is 10. The summed E-state index contributed by atoms with van der Waals surface area (Å²) in [5, 5.41) is 50.0. The van der Waals surface area contributed by atoms with Crippen LogP contribution in [0.2, 0.25) is 30.1 Å². The van der Waals surface area contributed by atoms with Crippen molar-refractivity contribution >= 4 is 155 Å². The molecule has 1 aliphatic carbocycles. The number of amides is 4. The second kappa shape index (κ2) is 33.4. The number of ketones is 1. The van der Waals surface area contributed by atoms with Gasteiger partial charge in [-0.2, -0.15) is 15.3 Å². The molecule has 3 aromatic heterocycles. The molecule has 674 valence electrons. The van der Waals surface area contributed by atoms with E-state index in [-0.39, 0.29) is 87.2 Å². The third-order valence-corrected chi connectivity index (χ3v) is 30.4. The number of fused-ring (bicyclic) bond motifs is 21. The molecule has 6 N–H and O–H groups in total. The summed E-state index contributed by atoms with van der Waals surface area (Å²) >= 11 is 38.3. The number of aromatic carboxylic acids is 1. The maximum atomic E-state index is 16.5. The van der Waals surface area contributed by atoms with E-state index in [9.17, 15) is 33.9 Å². The zero-order chi connectivity index (χ0) is 91.7. The topological polar surface area (TPSA) is 273 Å². The number of carbonyl (C=O) groups is 6. The summed E-state index contributed by atoms with van der Waals surface area (Å²) in [5.41, 5.74) is 9.06. The molecule has 1 saturated carbocycles. The van der Waals surface area contributed by atoms with Crippen LogP contribution in [-0.4, -0.2) is 154 Å². The molecule has 12 atom stereocenters. The first-order valence-electron chi connectivity index (χ1n) is 44.1. The van der Waals surface area contributed by atoms with E-state index in [1.807, 2.05) is 95.5 Å². The van der Waals surface area contributed by atoms with E-state index in [1.54, 1.807) is 110 Å². The lowest BCUT2D eigenvalue weighted by molar-refractivity contribution is -0.129. The highest BCUT2D eigenvalue weighted by Crippen LogP contribution is 2.69. The van der Waals surface area contributed by atoms with Crippen molar-refractivity contribution in [3.05, 3.63) is 308 Å². The molecular weight excluding hydrogens is 1810 g/mol. The van der Waals surface area contributed by atoms with Gasteiger partial charge in [-0.15, -0.1) is 0 Å². The van der Waals surface area contributed by atoms with Gasteiger partial charge < -0.3 is 41.0 Å². The average molecular weight is 1900 g/mol. The first kappa shape index (κ1) is 87.4. The van der Waals surface area contributed by atoms with E-state index in [2.05, 4.69) is 36.0 Å². The van der Waals surface area contributed by atoms with Crippen molar-refractivity contribution in [2.45, 2.75) is 143 Å². The number of anilines is 3. The molecule has 13 aromatic rings. The molecule has 4 amide bonds. The zero-order valence-corrected chi connectivity index (χ0v) is 76.1. The Kier molecular flexibility index (Phi) is 22.1. The Bertz CT molecular complexity index is 7070. The van der Waals surface area contributed by atoms with Gasteiger partial charge in [0.2, 0.25) is 17.7 Å². The van der Waals surface area contributed by atoms with Gasteiger partial charge in [-0.1, -0.05) is 161 Å². The third kappa shape index (κ3) is 13.4. The molecule has 4 fully saturated rings. The molecule has 10 aliphatic rings. The molecule has 3 spiro atoms. The number of hydrogen-bond donors (Lipinski definition) is 6. The number of rotatable bonds is 19. The number of carboxylic acids is 1. The fourth-order valence-electron chi connectivity index (χ4n) is 23.6. The first-order chi connectivity index (χ1) is 63.8. The number of likely N-dealkylation sites (tertiary alicyclic amines) is 3. The monoisotopic (exact) mass is 1900 g/mol. The van der Waals surface area contributed by atoms with Crippen LogP contribution in [0.15, 0.2) is 182 Å². The minimum absolute atomic E-state index is 0.00507. The maximum absolute atomic E-state index is 16.5. The number of likely N-dealkylation sites (N-methyl/N-ethyl adjacent to an activating group) is 1. The van der Waals surface area contributed by atoms with Crippen LogP contribution in [-0.2, 0) is 61.5 Å². The van der Waals surface area contributed by atoms with E-state index >= 15 is 13.2 Å². The third-order valence-electron chi connectivity index (χ3n) is 28.9. The second-order valence-electron chi connectivity index (χ2n) is 35.6. The number of aromatic nitrogens is 6. The van der Waals surface area contributed by atoms with Gasteiger partial charge in [0.1, 0.15) is 39.8 Å². The van der Waals surface area contributed by atoms with Crippen LogP contribution in [0.5, 0.6) is 5.75 Å². The summed E-state index contributed by atoms with van der Waals surface area (Å²) < 4.78 is 65.3. The smallest absolute Gasteiger partial charge is 0.335 e. The predicted molar refractivity (Wildman–Crippen MR) is 498 cm³/mol. The number of methoxy groups -OCH3 is 1. The highest BCUT2D eigenvalue weighted by molar-refractivity contribution is 6.33. The molecule has 132 heavy (non-hydrogen) atoms. The lowest BCUT2D eigenvalue weighted by Gasteiger charge is -2.40. The Morgan fingerprint density at radius 2 is 0.977 bits per heavy atom. The molecule has 0 bridgehead atoms. The Morgan fingerprint density at radius 3 is 1.45 bits per heavy atom. The summed E-state index contributed by atoms with van der Waals surface area (Å²) in [4.78, 5) is 87.6. The van der Waals surface area contributed by atoms with Crippen LogP contribution < -0.4 is 26.0 Å². The molecule has 23 nitrogen and oxygen atoms in total. The number of Topliss-reactive ketones (excluding diaryl/α,β-unsaturated/α-hetero) is 1. The lowest BCUT2D eigenvalue weighted by atomic mass is 9.73.